The second-order valence-electron chi connectivity index (χ2n) is 5.27. The van der Waals surface area contributed by atoms with Crippen LogP contribution in [0.1, 0.15) is 11.0 Å². The van der Waals surface area contributed by atoms with Gasteiger partial charge in [0.25, 0.3) is 0 Å². The van der Waals surface area contributed by atoms with Gasteiger partial charge in [-0.2, -0.15) is 0 Å². The van der Waals surface area contributed by atoms with E-state index in [4.69, 9.17) is 4.98 Å². The number of rotatable bonds is 3. The molecule has 3 aromatic rings. The monoisotopic (exact) mass is 306 g/mol. The molecule has 2 atom stereocenters. The first-order valence-electron chi connectivity index (χ1n) is 7.16. The number of hydrogen-bond acceptors (Lipinski definition) is 3. The molecule has 0 saturated carbocycles. The summed E-state index contributed by atoms with van der Waals surface area (Å²) in [5.41, 5.74) is 1.90. The Morgan fingerprint density at radius 3 is 2.55 bits per heavy atom. The van der Waals surface area contributed by atoms with Crippen molar-refractivity contribution in [1.82, 2.24) is 4.98 Å². The highest BCUT2D eigenvalue weighted by atomic mass is 32.1. The molecule has 4 rings (SSSR count). The largest absolute Gasteiger partial charge is 0.301 e. The van der Waals surface area contributed by atoms with Gasteiger partial charge in [-0.25, -0.2) is 4.98 Å². The summed E-state index contributed by atoms with van der Waals surface area (Å²) >= 11 is 1.65. The lowest BCUT2D eigenvalue weighted by molar-refractivity contribution is -0.128. The van der Waals surface area contributed by atoms with E-state index in [-0.39, 0.29) is 17.9 Å². The van der Waals surface area contributed by atoms with Crippen LogP contribution in [0.15, 0.2) is 67.3 Å². The van der Waals surface area contributed by atoms with E-state index in [9.17, 15) is 4.79 Å². The van der Waals surface area contributed by atoms with Crippen LogP contribution in [0.5, 0.6) is 0 Å². The van der Waals surface area contributed by atoms with Crippen molar-refractivity contribution in [3.05, 3.63) is 72.3 Å². The van der Waals surface area contributed by atoms with Crippen LogP contribution in [0.3, 0.4) is 0 Å². The summed E-state index contributed by atoms with van der Waals surface area (Å²) in [4.78, 5) is 19.0. The summed E-state index contributed by atoms with van der Waals surface area (Å²) in [6, 6.07) is 17.8. The fraction of sp³-hybridized carbons (Fsp3) is 0.111. The molecule has 1 aliphatic rings. The Labute approximate surface area is 132 Å². The van der Waals surface area contributed by atoms with Crippen LogP contribution in [-0.2, 0) is 4.79 Å². The minimum absolute atomic E-state index is 0.0511. The second-order valence-corrected chi connectivity index (χ2v) is 6.33. The SMILES string of the molecule is C=C[C@H]1C(=O)N(c2ccccc2)[C@@H]1c1nc2ccccc2s1. The zero-order chi connectivity index (χ0) is 15.1. The first kappa shape index (κ1) is 13.2. The third kappa shape index (κ3) is 1.88. The lowest BCUT2D eigenvalue weighted by Crippen LogP contribution is -2.54. The molecule has 3 nitrogen and oxygen atoms in total. The van der Waals surface area contributed by atoms with Gasteiger partial charge in [-0.15, -0.1) is 17.9 Å². The van der Waals surface area contributed by atoms with Crippen molar-refractivity contribution in [2.24, 2.45) is 5.92 Å². The van der Waals surface area contributed by atoms with Gasteiger partial charge in [-0.1, -0.05) is 36.4 Å². The predicted octanol–water partition coefficient (Wildman–Crippen LogP) is 4.19. The van der Waals surface area contributed by atoms with E-state index in [1.165, 1.54) is 0 Å². The van der Waals surface area contributed by atoms with E-state index in [1.54, 1.807) is 17.4 Å². The Kier molecular flexibility index (Phi) is 3.05. The molecule has 1 aliphatic heterocycles. The first-order valence-corrected chi connectivity index (χ1v) is 7.97. The molecule has 0 unspecified atom stereocenters. The number of amides is 1. The normalized spacial score (nSPS) is 20.9. The van der Waals surface area contributed by atoms with Gasteiger partial charge in [-0.3, -0.25) is 4.79 Å². The summed E-state index contributed by atoms with van der Waals surface area (Å²) in [5.74, 6) is -0.105. The topological polar surface area (TPSA) is 33.2 Å². The van der Waals surface area contributed by atoms with E-state index in [1.807, 2.05) is 53.4 Å². The fourth-order valence-corrected chi connectivity index (χ4v) is 4.00. The smallest absolute Gasteiger partial charge is 0.237 e. The minimum atomic E-state index is -0.194. The Morgan fingerprint density at radius 2 is 1.82 bits per heavy atom. The van der Waals surface area contributed by atoms with Gasteiger partial charge >= 0.3 is 0 Å². The lowest BCUT2D eigenvalue weighted by Gasteiger charge is -2.44. The van der Waals surface area contributed by atoms with Crippen LogP contribution in [0.25, 0.3) is 10.2 Å². The number of benzene rings is 2. The van der Waals surface area contributed by atoms with Gasteiger partial charge in [0.15, 0.2) is 0 Å². The number of nitrogens with zero attached hydrogens (tertiary/aromatic N) is 2. The van der Waals surface area contributed by atoms with Crippen molar-refractivity contribution in [2.75, 3.05) is 4.90 Å². The number of thiazole rings is 1. The van der Waals surface area contributed by atoms with E-state index in [2.05, 4.69) is 12.6 Å². The van der Waals surface area contributed by atoms with E-state index in [0.29, 0.717) is 0 Å². The Hall–Kier alpha value is -2.46. The zero-order valence-corrected chi connectivity index (χ0v) is 12.7. The summed E-state index contributed by atoms with van der Waals surface area (Å²) in [7, 11) is 0. The molecule has 0 spiro atoms. The number of para-hydroxylation sites is 2. The third-order valence-corrected chi connectivity index (χ3v) is 5.10. The molecule has 0 radical (unpaired) electrons. The second kappa shape index (κ2) is 5.07. The Bertz CT molecular complexity index is 823. The van der Waals surface area contributed by atoms with E-state index >= 15 is 0 Å². The molecule has 1 aromatic heterocycles. The van der Waals surface area contributed by atoms with Crippen LogP contribution < -0.4 is 4.90 Å². The van der Waals surface area contributed by atoms with Crippen molar-refractivity contribution in [3.8, 4) is 0 Å². The molecule has 1 fully saturated rings. The van der Waals surface area contributed by atoms with Gasteiger partial charge in [0, 0.05) is 5.69 Å². The molecule has 1 amide bonds. The molecule has 1 saturated heterocycles. The van der Waals surface area contributed by atoms with Crippen molar-refractivity contribution in [2.45, 2.75) is 6.04 Å². The standard InChI is InChI=1S/C18H14N2OS/c1-2-13-16(17-19-14-10-6-7-11-15(14)22-17)20(18(13)21)12-8-4-3-5-9-12/h2-11,13,16H,1H2/t13-,16+/m1/s1. The summed E-state index contributed by atoms with van der Waals surface area (Å²) in [5, 5.41) is 0.967. The maximum Gasteiger partial charge on any atom is 0.237 e. The average Bonchev–Trinajstić information content (AvgIpc) is 2.97. The third-order valence-electron chi connectivity index (χ3n) is 3.99. The molecule has 4 heteroatoms. The van der Waals surface area contributed by atoms with Crippen LogP contribution in [0.4, 0.5) is 5.69 Å². The average molecular weight is 306 g/mol. The van der Waals surface area contributed by atoms with E-state index in [0.717, 1.165) is 20.9 Å². The molecular formula is C18H14N2OS. The number of anilines is 1. The van der Waals surface area contributed by atoms with Crippen LogP contribution >= 0.6 is 11.3 Å². The molecule has 0 N–H and O–H groups in total. The highest BCUT2D eigenvalue weighted by Gasteiger charge is 2.48. The lowest BCUT2D eigenvalue weighted by atomic mass is 9.87. The molecule has 22 heavy (non-hydrogen) atoms. The number of β-lactam (4-membered cyclic amide) rings is 1. The van der Waals surface area contributed by atoms with Crippen LogP contribution in [0.2, 0.25) is 0 Å². The van der Waals surface area contributed by atoms with Crippen molar-refractivity contribution in [1.29, 1.82) is 0 Å². The van der Waals surface area contributed by atoms with E-state index < -0.39 is 0 Å². The van der Waals surface area contributed by atoms with Crippen molar-refractivity contribution >= 4 is 33.1 Å². The van der Waals surface area contributed by atoms with Crippen LogP contribution in [-0.4, -0.2) is 10.9 Å². The highest BCUT2D eigenvalue weighted by Crippen LogP contribution is 2.45. The highest BCUT2D eigenvalue weighted by molar-refractivity contribution is 7.18. The molecule has 2 aromatic carbocycles. The molecule has 0 aliphatic carbocycles. The maximum atomic E-state index is 12.4. The molecule has 0 bridgehead atoms. The predicted molar refractivity (Wildman–Crippen MR) is 90.0 cm³/mol. The number of hydrogen-bond donors (Lipinski definition) is 0. The van der Waals surface area contributed by atoms with Gasteiger partial charge < -0.3 is 4.90 Å². The zero-order valence-electron chi connectivity index (χ0n) is 11.8. The summed E-state index contributed by atoms with van der Waals surface area (Å²) < 4.78 is 1.15. The Balaban J connectivity index is 1.79. The summed E-state index contributed by atoms with van der Waals surface area (Å²) in [6.45, 7) is 3.82. The van der Waals surface area contributed by atoms with Crippen LogP contribution in [0, 0.1) is 5.92 Å². The maximum absolute atomic E-state index is 12.4. The number of carbonyl (C=O) groups excluding carboxylic acids is 1. The summed E-state index contributed by atoms with van der Waals surface area (Å²) in [6.07, 6.45) is 1.73. The Morgan fingerprint density at radius 1 is 1.09 bits per heavy atom. The molecule has 2 heterocycles. The van der Waals surface area contributed by atoms with Gasteiger partial charge in [0.1, 0.15) is 11.0 Å². The van der Waals surface area contributed by atoms with Gasteiger partial charge in [-0.05, 0) is 24.3 Å². The number of aromatic nitrogens is 1. The quantitative estimate of drug-likeness (QED) is 0.537. The fourth-order valence-electron chi connectivity index (χ4n) is 2.90. The van der Waals surface area contributed by atoms with Crippen molar-refractivity contribution < 1.29 is 4.79 Å². The minimum Gasteiger partial charge on any atom is -0.301 e. The van der Waals surface area contributed by atoms with Crippen molar-refractivity contribution in [3.63, 3.8) is 0 Å². The first-order chi connectivity index (χ1) is 10.8. The number of fused-ring (bicyclic) bond motifs is 1. The molecular weight excluding hydrogens is 292 g/mol. The van der Waals surface area contributed by atoms with Gasteiger partial charge in [0.05, 0.1) is 16.1 Å². The number of carbonyl (C=O) groups is 1. The molecule has 108 valence electrons. The van der Waals surface area contributed by atoms with Gasteiger partial charge in [0.2, 0.25) is 5.91 Å².